The first-order chi connectivity index (χ1) is 10.1. The number of aliphatic carboxylic acids is 1. The van der Waals surface area contributed by atoms with E-state index in [1.807, 2.05) is 18.2 Å². The molecule has 1 unspecified atom stereocenters. The number of pyridine rings is 1. The van der Waals surface area contributed by atoms with E-state index >= 15 is 0 Å². The molecule has 0 saturated heterocycles. The van der Waals surface area contributed by atoms with Crippen molar-refractivity contribution < 1.29 is 19.8 Å². The summed E-state index contributed by atoms with van der Waals surface area (Å²) in [6.45, 7) is 0.0579. The largest absolute Gasteiger partial charge is 0.479 e. The molecule has 0 fully saturated rings. The molecule has 7 heteroatoms. The van der Waals surface area contributed by atoms with Gasteiger partial charge in [-0.25, -0.2) is 9.59 Å². The number of aromatic nitrogens is 1. The number of urea groups is 1. The number of rotatable bonds is 5. The number of amides is 2. The maximum Gasteiger partial charge on any atom is 0.332 e. The number of aliphatic hydroxyl groups is 1. The maximum atomic E-state index is 11.7. The lowest BCUT2D eigenvalue weighted by Gasteiger charge is -2.10. The number of anilines is 1. The fraction of sp³-hybridized carbons (Fsp3) is 0.214. The minimum Gasteiger partial charge on any atom is -0.479 e. The summed E-state index contributed by atoms with van der Waals surface area (Å²) >= 11 is 0. The summed E-state index contributed by atoms with van der Waals surface area (Å²) in [6, 6.07) is 6.83. The second-order valence-electron chi connectivity index (χ2n) is 4.43. The molecule has 0 saturated carbocycles. The molecule has 2 rings (SSSR count). The van der Waals surface area contributed by atoms with Crippen LogP contribution in [0.2, 0.25) is 0 Å². The molecule has 4 N–H and O–H groups in total. The molecular weight excluding hydrogens is 274 g/mol. The average Bonchev–Trinajstić information content (AvgIpc) is 2.47. The van der Waals surface area contributed by atoms with Crippen molar-refractivity contribution >= 4 is 28.5 Å². The lowest BCUT2D eigenvalue weighted by Crippen LogP contribution is -2.33. The van der Waals surface area contributed by atoms with Crippen LogP contribution < -0.4 is 10.6 Å². The maximum absolute atomic E-state index is 11.7. The Kier molecular flexibility index (Phi) is 4.68. The van der Waals surface area contributed by atoms with Gasteiger partial charge < -0.3 is 20.8 Å². The van der Waals surface area contributed by atoms with Crippen LogP contribution in [0.5, 0.6) is 0 Å². The van der Waals surface area contributed by atoms with Crippen LogP contribution in [0.1, 0.15) is 6.42 Å². The van der Waals surface area contributed by atoms with Crippen LogP contribution in [0.15, 0.2) is 36.7 Å². The zero-order chi connectivity index (χ0) is 15.2. The highest BCUT2D eigenvalue weighted by Gasteiger charge is 2.13. The number of fused-ring (bicyclic) bond motifs is 1. The van der Waals surface area contributed by atoms with Gasteiger partial charge in [0.05, 0.1) is 5.69 Å². The highest BCUT2D eigenvalue weighted by Crippen LogP contribution is 2.21. The van der Waals surface area contributed by atoms with Crippen LogP contribution >= 0.6 is 0 Å². The van der Waals surface area contributed by atoms with Gasteiger partial charge in [-0.05, 0) is 17.5 Å². The van der Waals surface area contributed by atoms with Crippen LogP contribution in [0.3, 0.4) is 0 Å². The summed E-state index contributed by atoms with van der Waals surface area (Å²) in [5, 5.41) is 24.5. The molecular formula is C14H15N3O4. The SMILES string of the molecule is O=C(NCCC(O)C(=O)O)Nc1cccc2ccncc12. The van der Waals surface area contributed by atoms with Gasteiger partial charge in [-0.2, -0.15) is 0 Å². The molecule has 1 heterocycles. The van der Waals surface area contributed by atoms with Crippen molar-refractivity contribution in [2.75, 3.05) is 11.9 Å². The summed E-state index contributed by atoms with van der Waals surface area (Å²) in [7, 11) is 0. The Hall–Kier alpha value is -2.67. The van der Waals surface area contributed by atoms with Crippen LogP contribution in [-0.4, -0.2) is 39.8 Å². The Morgan fingerprint density at radius 3 is 2.86 bits per heavy atom. The first kappa shape index (κ1) is 14.7. The summed E-state index contributed by atoms with van der Waals surface area (Å²) in [6.07, 6.45) is 1.78. The predicted octanol–water partition coefficient (Wildman–Crippen LogP) is 1.19. The van der Waals surface area contributed by atoms with Gasteiger partial charge in [0.25, 0.3) is 0 Å². The number of carboxylic acid groups (broad SMARTS) is 1. The number of hydrogen-bond acceptors (Lipinski definition) is 4. The van der Waals surface area contributed by atoms with Crippen molar-refractivity contribution in [2.45, 2.75) is 12.5 Å². The Morgan fingerprint density at radius 1 is 1.29 bits per heavy atom. The minimum absolute atomic E-state index is 0.0557. The van der Waals surface area contributed by atoms with Crippen molar-refractivity contribution in [2.24, 2.45) is 0 Å². The van der Waals surface area contributed by atoms with Crippen molar-refractivity contribution in [3.8, 4) is 0 Å². The van der Waals surface area contributed by atoms with Gasteiger partial charge >= 0.3 is 12.0 Å². The first-order valence-corrected chi connectivity index (χ1v) is 6.36. The third kappa shape index (κ3) is 3.90. The van der Waals surface area contributed by atoms with Crippen molar-refractivity contribution in [3.63, 3.8) is 0 Å². The zero-order valence-corrected chi connectivity index (χ0v) is 11.1. The van der Waals surface area contributed by atoms with Gasteiger partial charge in [0.2, 0.25) is 0 Å². The van der Waals surface area contributed by atoms with Crippen LogP contribution in [-0.2, 0) is 4.79 Å². The van der Waals surface area contributed by atoms with E-state index in [9.17, 15) is 9.59 Å². The van der Waals surface area contributed by atoms with Crippen molar-refractivity contribution in [1.82, 2.24) is 10.3 Å². The second-order valence-corrected chi connectivity index (χ2v) is 4.43. The summed E-state index contributed by atoms with van der Waals surface area (Å²) < 4.78 is 0. The molecule has 1 atom stereocenters. The fourth-order valence-electron chi connectivity index (χ4n) is 1.83. The van der Waals surface area contributed by atoms with E-state index in [4.69, 9.17) is 10.2 Å². The summed E-state index contributed by atoms with van der Waals surface area (Å²) in [5.74, 6) is -1.31. The van der Waals surface area contributed by atoms with E-state index in [1.165, 1.54) is 0 Å². The van der Waals surface area contributed by atoms with Crippen LogP contribution in [0, 0.1) is 0 Å². The third-order valence-electron chi connectivity index (χ3n) is 2.92. The van der Waals surface area contributed by atoms with Gasteiger partial charge in [-0.15, -0.1) is 0 Å². The monoisotopic (exact) mass is 289 g/mol. The molecule has 0 aliphatic rings. The predicted molar refractivity (Wildman–Crippen MR) is 77.0 cm³/mol. The number of carbonyl (C=O) groups is 2. The molecule has 2 aromatic rings. The Morgan fingerprint density at radius 2 is 2.10 bits per heavy atom. The van der Waals surface area contributed by atoms with Gasteiger partial charge in [0, 0.05) is 30.7 Å². The van der Waals surface area contributed by atoms with E-state index in [0.717, 1.165) is 10.8 Å². The molecule has 0 bridgehead atoms. The first-order valence-electron chi connectivity index (χ1n) is 6.36. The number of nitrogens with zero attached hydrogens (tertiary/aromatic N) is 1. The third-order valence-corrected chi connectivity index (χ3v) is 2.92. The van der Waals surface area contributed by atoms with Crippen molar-refractivity contribution in [1.29, 1.82) is 0 Å². The molecule has 0 aliphatic carbocycles. The number of benzene rings is 1. The Bertz CT molecular complexity index is 654. The molecule has 0 aliphatic heterocycles. The van der Waals surface area contributed by atoms with E-state index in [2.05, 4.69) is 15.6 Å². The van der Waals surface area contributed by atoms with E-state index < -0.39 is 18.1 Å². The Balaban J connectivity index is 1.94. The van der Waals surface area contributed by atoms with Gasteiger partial charge in [-0.1, -0.05) is 12.1 Å². The molecule has 0 spiro atoms. The van der Waals surface area contributed by atoms with Crippen LogP contribution in [0.25, 0.3) is 10.8 Å². The van der Waals surface area contributed by atoms with Gasteiger partial charge in [0.1, 0.15) is 0 Å². The molecule has 2 amide bonds. The van der Waals surface area contributed by atoms with Gasteiger partial charge in [-0.3, -0.25) is 4.98 Å². The molecule has 1 aromatic carbocycles. The second kappa shape index (κ2) is 6.67. The van der Waals surface area contributed by atoms with E-state index in [1.54, 1.807) is 18.5 Å². The number of carboxylic acids is 1. The highest BCUT2D eigenvalue weighted by atomic mass is 16.4. The van der Waals surface area contributed by atoms with Crippen molar-refractivity contribution in [3.05, 3.63) is 36.7 Å². The molecule has 21 heavy (non-hydrogen) atoms. The lowest BCUT2D eigenvalue weighted by atomic mass is 10.1. The number of aliphatic hydroxyl groups excluding tert-OH is 1. The highest BCUT2D eigenvalue weighted by molar-refractivity contribution is 6.01. The number of carbonyl (C=O) groups excluding carboxylic acids is 1. The number of hydrogen-bond donors (Lipinski definition) is 4. The summed E-state index contributed by atoms with van der Waals surface area (Å²) in [4.78, 5) is 26.2. The normalized spacial score (nSPS) is 11.9. The standard InChI is InChI=1S/C14H15N3O4/c18-12(13(19)20)5-7-16-14(21)17-11-3-1-2-9-4-6-15-8-10(9)11/h1-4,6,8,12,18H,5,7H2,(H,19,20)(H2,16,17,21). The quantitative estimate of drug-likeness (QED) is 0.660. The summed E-state index contributed by atoms with van der Waals surface area (Å²) in [5.41, 5.74) is 0.608. The van der Waals surface area contributed by atoms with E-state index in [-0.39, 0.29) is 13.0 Å². The minimum atomic E-state index is -1.48. The van der Waals surface area contributed by atoms with Gasteiger partial charge in [0.15, 0.2) is 6.10 Å². The fourth-order valence-corrected chi connectivity index (χ4v) is 1.83. The van der Waals surface area contributed by atoms with Crippen LogP contribution in [0.4, 0.5) is 10.5 Å². The lowest BCUT2D eigenvalue weighted by molar-refractivity contribution is -0.146. The van der Waals surface area contributed by atoms with E-state index in [0.29, 0.717) is 5.69 Å². The zero-order valence-electron chi connectivity index (χ0n) is 11.1. The smallest absolute Gasteiger partial charge is 0.332 e. The molecule has 1 aromatic heterocycles. The molecule has 7 nitrogen and oxygen atoms in total. The molecule has 0 radical (unpaired) electrons. The number of nitrogens with one attached hydrogen (secondary N) is 2. The Labute approximate surface area is 120 Å². The average molecular weight is 289 g/mol. The molecule has 110 valence electrons. The topological polar surface area (TPSA) is 112 Å².